The third-order valence-corrected chi connectivity index (χ3v) is 3.56. The van der Waals surface area contributed by atoms with Crippen LogP contribution >= 0.6 is 0 Å². The number of carboxylic acids is 2. The Bertz CT molecular complexity index is 450. The second kappa shape index (κ2) is 3.06. The van der Waals surface area contributed by atoms with E-state index in [1.807, 2.05) is 0 Å². The minimum atomic E-state index is -1.68. The summed E-state index contributed by atoms with van der Waals surface area (Å²) >= 11 is 0. The SMILES string of the molecule is N#CC=C1C[C@@H]2[C@@H](C(=O)O)[C@H]2[C@]1(N)C(=O)O. The predicted octanol–water partition coefficient (Wildman–Crippen LogP) is -0.431. The smallest absolute Gasteiger partial charge is 0.328 e. The van der Waals surface area contributed by atoms with Crippen molar-refractivity contribution < 1.29 is 19.8 Å². The Morgan fingerprint density at radius 2 is 2.19 bits per heavy atom. The van der Waals surface area contributed by atoms with E-state index in [9.17, 15) is 9.59 Å². The van der Waals surface area contributed by atoms with E-state index in [4.69, 9.17) is 21.2 Å². The lowest BCUT2D eigenvalue weighted by Crippen LogP contribution is -2.51. The molecule has 0 aliphatic heterocycles. The second-order valence-electron chi connectivity index (χ2n) is 4.23. The van der Waals surface area contributed by atoms with Crippen LogP contribution in [-0.4, -0.2) is 27.7 Å². The van der Waals surface area contributed by atoms with E-state index in [1.54, 1.807) is 6.07 Å². The maximum absolute atomic E-state index is 11.1. The molecule has 0 spiro atoms. The zero-order valence-electron chi connectivity index (χ0n) is 8.25. The van der Waals surface area contributed by atoms with E-state index >= 15 is 0 Å². The van der Waals surface area contributed by atoms with Gasteiger partial charge in [-0.3, -0.25) is 4.79 Å². The molecular weight excluding hydrogens is 212 g/mol. The number of hydrogen-bond donors (Lipinski definition) is 3. The highest BCUT2D eigenvalue weighted by Gasteiger charge is 2.72. The first-order valence-electron chi connectivity index (χ1n) is 4.78. The maximum atomic E-state index is 11.1. The summed E-state index contributed by atoms with van der Waals surface area (Å²) in [5, 5.41) is 26.5. The van der Waals surface area contributed by atoms with Crippen LogP contribution in [-0.2, 0) is 9.59 Å². The monoisotopic (exact) mass is 222 g/mol. The molecule has 0 amide bonds. The molecule has 2 fully saturated rings. The number of nitrogens with zero attached hydrogens (tertiary/aromatic N) is 1. The van der Waals surface area contributed by atoms with Gasteiger partial charge in [0, 0.05) is 12.0 Å². The highest BCUT2D eigenvalue weighted by Crippen LogP contribution is 2.63. The third-order valence-electron chi connectivity index (χ3n) is 3.56. The fraction of sp³-hybridized carbons (Fsp3) is 0.500. The first-order valence-corrected chi connectivity index (χ1v) is 4.78. The Kier molecular flexibility index (Phi) is 2.03. The van der Waals surface area contributed by atoms with Gasteiger partial charge in [-0.1, -0.05) is 0 Å². The predicted molar refractivity (Wildman–Crippen MR) is 51.0 cm³/mol. The average Bonchev–Trinajstić information content (AvgIpc) is 2.83. The summed E-state index contributed by atoms with van der Waals surface area (Å²) in [4.78, 5) is 22.0. The summed E-state index contributed by atoms with van der Waals surface area (Å²) in [6.45, 7) is 0. The number of nitrogens with two attached hydrogens (primary N) is 1. The number of aliphatic carboxylic acids is 2. The number of hydrogen-bond acceptors (Lipinski definition) is 4. The van der Waals surface area contributed by atoms with Crippen LogP contribution in [0, 0.1) is 29.1 Å². The molecule has 6 heteroatoms. The van der Waals surface area contributed by atoms with Crippen LogP contribution in [0.4, 0.5) is 0 Å². The zero-order chi connectivity index (χ0) is 12.1. The molecule has 0 bridgehead atoms. The summed E-state index contributed by atoms with van der Waals surface area (Å²) in [6, 6.07) is 1.75. The number of nitriles is 1. The molecule has 0 radical (unpaired) electrons. The van der Waals surface area contributed by atoms with Gasteiger partial charge in [0.15, 0.2) is 0 Å². The molecule has 0 heterocycles. The molecule has 2 rings (SSSR count). The van der Waals surface area contributed by atoms with Gasteiger partial charge >= 0.3 is 11.9 Å². The van der Waals surface area contributed by atoms with Gasteiger partial charge in [-0.25, -0.2) is 4.79 Å². The van der Waals surface area contributed by atoms with Crippen molar-refractivity contribution in [2.24, 2.45) is 23.5 Å². The molecule has 0 aromatic heterocycles. The van der Waals surface area contributed by atoms with E-state index in [1.165, 1.54) is 0 Å². The standard InChI is InChI=1S/C10H10N2O4/c11-2-1-4-3-5-6(8(13)14)7(5)10(4,12)9(15)16/h1,5-7H,3,12H2,(H,13,14)(H,15,16)/t5-,6-,7+,10+/m1/s1. The van der Waals surface area contributed by atoms with Gasteiger partial charge < -0.3 is 15.9 Å². The minimum absolute atomic E-state index is 0.238. The van der Waals surface area contributed by atoms with Gasteiger partial charge in [0.1, 0.15) is 5.54 Å². The molecule has 2 aliphatic carbocycles. The molecule has 16 heavy (non-hydrogen) atoms. The number of carboxylic acid groups (broad SMARTS) is 2. The molecule has 84 valence electrons. The maximum Gasteiger partial charge on any atom is 0.328 e. The Hall–Kier alpha value is -1.87. The van der Waals surface area contributed by atoms with E-state index < -0.39 is 29.3 Å². The first kappa shape index (κ1) is 10.6. The van der Waals surface area contributed by atoms with Crippen molar-refractivity contribution in [3.63, 3.8) is 0 Å². The van der Waals surface area contributed by atoms with Gasteiger partial charge in [-0.15, -0.1) is 0 Å². The topological polar surface area (TPSA) is 124 Å². The van der Waals surface area contributed by atoms with Gasteiger partial charge in [-0.2, -0.15) is 5.26 Å². The Morgan fingerprint density at radius 1 is 1.56 bits per heavy atom. The van der Waals surface area contributed by atoms with Crippen LogP contribution in [0.3, 0.4) is 0 Å². The summed E-state index contributed by atoms with van der Waals surface area (Å²) in [6.07, 6.45) is 1.41. The van der Waals surface area contributed by atoms with Crippen LogP contribution < -0.4 is 5.73 Å². The molecule has 0 aromatic rings. The molecular formula is C10H10N2O4. The van der Waals surface area contributed by atoms with E-state index in [0.717, 1.165) is 6.08 Å². The lowest BCUT2D eigenvalue weighted by Gasteiger charge is -2.23. The number of fused-ring (bicyclic) bond motifs is 1. The van der Waals surface area contributed by atoms with Crippen molar-refractivity contribution in [3.05, 3.63) is 11.6 Å². The number of allylic oxidation sites excluding steroid dienone is 1. The second-order valence-corrected chi connectivity index (χ2v) is 4.23. The molecule has 0 aromatic carbocycles. The zero-order valence-corrected chi connectivity index (χ0v) is 8.25. The Balaban J connectivity index is 2.37. The fourth-order valence-electron chi connectivity index (χ4n) is 2.76. The van der Waals surface area contributed by atoms with Gasteiger partial charge in [-0.05, 0) is 17.9 Å². The van der Waals surface area contributed by atoms with Gasteiger partial charge in [0.05, 0.1) is 12.0 Å². The van der Waals surface area contributed by atoms with Crippen molar-refractivity contribution in [2.45, 2.75) is 12.0 Å². The summed E-state index contributed by atoms with van der Waals surface area (Å²) in [5.41, 5.74) is 4.41. The average molecular weight is 222 g/mol. The molecule has 6 nitrogen and oxygen atoms in total. The Morgan fingerprint density at radius 3 is 2.62 bits per heavy atom. The van der Waals surface area contributed by atoms with E-state index in [2.05, 4.69) is 0 Å². The van der Waals surface area contributed by atoms with Gasteiger partial charge in [0.25, 0.3) is 0 Å². The van der Waals surface area contributed by atoms with Crippen molar-refractivity contribution >= 4 is 11.9 Å². The number of carbonyl (C=O) groups is 2. The van der Waals surface area contributed by atoms with Crippen LogP contribution in [0.1, 0.15) is 6.42 Å². The summed E-state index contributed by atoms with van der Waals surface area (Å²) in [5.74, 6) is -3.77. The molecule has 0 unspecified atom stereocenters. The molecule has 2 aliphatic rings. The summed E-state index contributed by atoms with van der Waals surface area (Å²) < 4.78 is 0. The molecule has 2 saturated carbocycles. The lowest BCUT2D eigenvalue weighted by molar-refractivity contribution is -0.143. The largest absolute Gasteiger partial charge is 0.481 e. The van der Waals surface area contributed by atoms with Crippen molar-refractivity contribution in [1.29, 1.82) is 5.26 Å². The minimum Gasteiger partial charge on any atom is -0.481 e. The first-order chi connectivity index (χ1) is 7.44. The van der Waals surface area contributed by atoms with E-state index in [0.29, 0.717) is 5.57 Å². The third kappa shape index (κ3) is 1.09. The van der Waals surface area contributed by atoms with Crippen LogP contribution in [0.25, 0.3) is 0 Å². The molecule has 4 atom stereocenters. The van der Waals surface area contributed by atoms with Crippen molar-refractivity contribution in [2.75, 3.05) is 0 Å². The Labute approximate surface area is 91.0 Å². The lowest BCUT2D eigenvalue weighted by atomic mass is 9.86. The van der Waals surface area contributed by atoms with Crippen molar-refractivity contribution in [3.8, 4) is 6.07 Å². The van der Waals surface area contributed by atoms with E-state index in [-0.39, 0.29) is 12.3 Å². The fourth-order valence-corrected chi connectivity index (χ4v) is 2.76. The van der Waals surface area contributed by atoms with Crippen LogP contribution in [0.5, 0.6) is 0 Å². The summed E-state index contributed by atoms with van der Waals surface area (Å²) in [7, 11) is 0. The van der Waals surface area contributed by atoms with Gasteiger partial charge in [0.2, 0.25) is 0 Å². The van der Waals surface area contributed by atoms with Crippen molar-refractivity contribution in [1.82, 2.24) is 0 Å². The van der Waals surface area contributed by atoms with Crippen LogP contribution in [0.15, 0.2) is 11.6 Å². The normalized spacial score (nSPS) is 42.5. The number of rotatable bonds is 2. The molecule has 0 saturated heterocycles. The highest BCUT2D eigenvalue weighted by molar-refractivity contribution is 5.89. The highest BCUT2D eigenvalue weighted by atomic mass is 16.4. The van der Waals surface area contributed by atoms with Crippen LogP contribution in [0.2, 0.25) is 0 Å². The molecule has 4 N–H and O–H groups in total. The quantitative estimate of drug-likeness (QED) is 0.544.